The highest BCUT2D eigenvalue weighted by molar-refractivity contribution is 5.93. The number of rotatable bonds is 1. The van der Waals surface area contributed by atoms with Crippen LogP contribution in [0, 0.1) is 11.8 Å². The van der Waals surface area contributed by atoms with Crippen molar-refractivity contribution in [1.82, 2.24) is 4.90 Å². The van der Waals surface area contributed by atoms with Gasteiger partial charge in [0.2, 0.25) is 0 Å². The largest absolute Gasteiger partial charge is 0.329 e. The molecule has 80 valence electrons. The fourth-order valence-electron chi connectivity index (χ4n) is 1.71. The molecule has 0 radical (unpaired) electrons. The van der Waals surface area contributed by atoms with Gasteiger partial charge in [-0.05, 0) is 32.1 Å². The van der Waals surface area contributed by atoms with E-state index in [9.17, 15) is 4.79 Å². The van der Waals surface area contributed by atoms with Gasteiger partial charge in [0, 0.05) is 12.6 Å². The SMILES string of the molecule is CC.CC#CC(=O)N1CCCC1CC. The van der Waals surface area contributed by atoms with Crippen molar-refractivity contribution in [1.29, 1.82) is 0 Å². The number of likely N-dealkylation sites (tertiary alicyclic amines) is 1. The molecule has 1 aliphatic heterocycles. The lowest BCUT2D eigenvalue weighted by Gasteiger charge is -2.20. The Kier molecular flexibility index (Phi) is 6.92. The van der Waals surface area contributed by atoms with E-state index in [2.05, 4.69) is 18.8 Å². The van der Waals surface area contributed by atoms with Crippen LogP contribution in [-0.4, -0.2) is 23.4 Å². The van der Waals surface area contributed by atoms with Gasteiger partial charge in [-0.15, -0.1) is 0 Å². The average Bonchev–Trinajstić information content (AvgIpc) is 2.69. The van der Waals surface area contributed by atoms with Crippen LogP contribution in [-0.2, 0) is 4.79 Å². The van der Waals surface area contributed by atoms with Crippen LogP contribution in [0.3, 0.4) is 0 Å². The van der Waals surface area contributed by atoms with E-state index in [0.717, 1.165) is 25.8 Å². The summed E-state index contributed by atoms with van der Waals surface area (Å²) in [6.07, 6.45) is 3.33. The highest BCUT2D eigenvalue weighted by Crippen LogP contribution is 2.19. The van der Waals surface area contributed by atoms with E-state index in [-0.39, 0.29) is 5.91 Å². The van der Waals surface area contributed by atoms with Crippen LogP contribution in [0.4, 0.5) is 0 Å². The van der Waals surface area contributed by atoms with Gasteiger partial charge in [-0.2, -0.15) is 0 Å². The number of hydrogen-bond donors (Lipinski definition) is 0. The summed E-state index contributed by atoms with van der Waals surface area (Å²) in [5.41, 5.74) is 0. The van der Waals surface area contributed by atoms with Gasteiger partial charge >= 0.3 is 0 Å². The first-order valence-corrected chi connectivity index (χ1v) is 5.53. The number of hydrogen-bond acceptors (Lipinski definition) is 1. The van der Waals surface area contributed by atoms with Gasteiger partial charge in [0.05, 0.1) is 0 Å². The molecule has 1 atom stereocenters. The predicted molar refractivity (Wildman–Crippen MR) is 59.8 cm³/mol. The monoisotopic (exact) mass is 195 g/mol. The van der Waals surface area contributed by atoms with Crippen LogP contribution in [0.1, 0.15) is 47.0 Å². The third-order valence-electron chi connectivity index (χ3n) is 2.34. The fraction of sp³-hybridized carbons (Fsp3) is 0.750. The molecule has 0 aliphatic carbocycles. The molecule has 1 heterocycles. The molecule has 14 heavy (non-hydrogen) atoms. The summed E-state index contributed by atoms with van der Waals surface area (Å²) in [5, 5.41) is 0. The second-order valence-corrected chi connectivity index (χ2v) is 3.08. The molecule has 1 saturated heterocycles. The Bertz CT molecular complexity index is 224. The third-order valence-corrected chi connectivity index (χ3v) is 2.34. The van der Waals surface area contributed by atoms with Gasteiger partial charge in [-0.1, -0.05) is 26.7 Å². The highest BCUT2D eigenvalue weighted by Gasteiger charge is 2.25. The Morgan fingerprint density at radius 1 is 1.50 bits per heavy atom. The second-order valence-electron chi connectivity index (χ2n) is 3.08. The van der Waals surface area contributed by atoms with Gasteiger partial charge in [-0.25, -0.2) is 0 Å². The van der Waals surface area contributed by atoms with Crippen molar-refractivity contribution in [2.24, 2.45) is 0 Å². The number of amides is 1. The van der Waals surface area contributed by atoms with E-state index in [1.807, 2.05) is 18.7 Å². The zero-order chi connectivity index (χ0) is 11.0. The molecule has 0 aromatic heterocycles. The van der Waals surface area contributed by atoms with E-state index in [1.165, 1.54) is 0 Å². The van der Waals surface area contributed by atoms with Crippen molar-refractivity contribution in [3.05, 3.63) is 0 Å². The van der Waals surface area contributed by atoms with Gasteiger partial charge in [-0.3, -0.25) is 4.79 Å². The number of nitrogens with zero attached hydrogens (tertiary/aromatic N) is 1. The van der Waals surface area contributed by atoms with Crippen LogP contribution in [0.2, 0.25) is 0 Å². The minimum absolute atomic E-state index is 0.00171. The quantitative estimate of drug-likeness (QED) is 0.588. The first-order valence-electron chi connectivity index (χ1n) is 5.53. The lowest BCUT2D eigenvalue weighted by atomic mass is 10.2. The smallest absolute Gasteiger partial charge is 0.298 e. The minimum Gasteiger partial charge on any atom is -0.329 e. The van der Waals surface area contributed by atoms with Crippen LogP contribution in [0.15, 0.2) is 0 Å². The minimum atomic E-state index is 0.00171. The molecule has 1 rings (SSSR count). The summed E-state index contributed by atoms with van der Waals surface area (Å²) in [6, 6.07) is 0.443. The van der Waals surface area contributed by atoms with Crippen LogP contribution in [0.25, 0.3) is 0 Å². The molecule has 1 amide bonds. The molecule has 1 fully saturated rings. The highest BCUT2D eigenvalue weighted by atomic mass is 16.2. The van der Waals surface area contributed by atoms with Crippen molar-refractivity contribution in [2.45, 2.75) is 53.0 Å². The molecule has 0 aromatic rings. The Labute approximate surface area is 87.7 Å². The maximum atomic E-state index is 11.4. The Morgan fingerprint density at radius 2 is 2.14 bits per heavy atom. The molecular weight excluding hydrogens is 174 g/mol. The molecule has 2 nitrogen and oxygen atoms in total. The summed E-state index contributed by atoms with van der Waals surface area (Å²) in [5.74, 6) is 5.24. The van der Waals surface area contributed by atoms with E-state index in [4.69, 9.17) is 0 Å². The van der Waals surface area contributed by atoms with Crippen molar-refractivity contribution < 1.29 is 4.79 Å². The fourth-order valence-corrected chi connectivity index (χ4v) is 1.71. The summed E-state index contributed by atoms with van der Waals surface area (Å²) in [7, 11) is 0. The van der Waals surface area contributed by atoms with E-state index in [1.54, 1.807) is 6.92 Å². The first-order chi connectivity index (χ1) is 6.79. The summed E-state index contributed by atoms with van der Waals surface area (Å²) in [6.45, 7) is 8.72. The maximum Gasteiger partial charge on any atom is 0.298 e. The lowest BCUT2D eigenvalue weighted by Crippen LogP contribution is -2.33. The predicted octanol–water partition coefficient (Wildman–Crippen LogP) is 2.44. The van der Waals surface area contributed by atoms with Gasteiger partial charge < -0.3 is 4.90 Å². The third kappa shape index (κ3) is 3.41. The molecule has 0 bridgehead atoms. The van der Waals surface area contributed by atoms with Crippen molar-refractivity contribution in [2.75, 3.05) is 6.54 Å². The summed E-state index contributed by atoms with van der Waals surface area (Å²) < 4.78 is 0. The Balaban J connectivity index is 0.000000791. The second kappa shape index (κ2) is 7.44. The number of carbonyl (C=O) groups excluding carboxylic acids is 1. The summed E-state index contributed by atoms with van der Waals surface area (Å²) >= 11 is 0. The van der Waals surface area contributed by atoms with E-state index in [0.29, 0.717) is 6.04 Å². The van der Waals surface area contributed by atoms with Gasteiger partial charge in [0.1, 0.15) is 0 Å². The molecule has 0 N–H and O–H groups in total. The topological polar surface area (TPSA) is 20.3 Å². The lowest BCUT2D eigenvalue weighted by molar-refractivity contribution is -0.125. The average molecular weight is 195 g/mol. The van der Waals surface area contributed by atoms with E-state index < -0.39 is 0 Å². The normalized spacial score (nSPS) is 19.1. The maximum absolute atomic E-state index is 11.4. The van der Waals surface area contributed by atoms with Gasteiger partial charge in [0.25, 0.3) is 5.91 Å². The summed E-state index contributed by atoms with van der Waals surface area (Å²) in [4.78, 5) is 13.3. The van der Waals surface area contributed by atoms with Crippen molar-refractivity contribution >= 4 is 5.91 Å². The van der Waals surface area contributed by atoms with Crippen molar-refractivity contribution in [3.63, 3.8) is 0 Å². The van der Waals surface area contributed by atoms with Crippen LogP contribution >= 0.6 is 0 Å². The molecule has 1 aliphatic rings. The molecule has 1 unspecified atom stereocenters. The Morgan fingerprint density at radius 3 is 2.64 bits per heavy atom. The number of carbonyl (C=O) groups is 1. The van der Waals surface area contributed by atoms with Crippen LogP contribution < -0.4 is 0 Å². The standard InChI is InChI=1S/C10H15NO.C2H6/c1-3-6-10(12)11-8-5-7-9(11)4-2;1-2/h9H,4-5,7-8H2,1-2H3;1-2H3. The van der Waals surface area contributed by atoms with Gasteiger partial charge in [0.15, 0.2) is 0 Å². The zero-order valence-corrected chi connectivity index (χ0v) is 9.76. The first kappa shape index (κ1) is 13.0. The van der Waals surface area contributed by atoms with Crippen molar-refractivity contribution in [3.8, 4) is 11.8 Å². The molecular formula is C12H21NO. The van der Waals surface area contributed by atoms with E-state index >= 15 is 0 Å². The molecule has 0 saturated carbocycles. The van der Waals surface area contributed by atoms with Crippen LogP contribution in [0.5, 0.6) is 0 Å². The Hall–Kier alpha value is -0.970. The molecule has 0 spiro atoms. The molecule has 2 heteroatoms. The molecule has 0 aromatic carbocycles. The zero-order valence-electron chi connectivity index (χ0n) is 9.76.